The highest BCUT2D eigenvalue weighted by atomic mass is 32.2. The largest absolute Gasteiger partial charge is 0.307 e. The van der Waals surface area contributed by atoms with Crippen molar-refractivity contribution < 1.29 is 18.0 Å². The van der Waals surface area contributed by atoms with Gasteiger partial charge in [-0.1, -0.05) is 13.0 Å². The summed E-state index contributed by atoms with van der Waals surface area (Å²) in [5, 5.41) is 12.5. The number of benzene rings is 1. The smallest absolute Gasteiger partial charge is 0.241 e. The third kappa shape index (κ3) is 5.98. The summed E-state index contributed by atoms with van der Waals surface area (Å²) >= 11 is 1.30. The second kappa shape index (κ2) is 11.8. The van der Waals surface area contributed by atoms with Gasteiger partial charge in [-0.25, -0.2) is 23.1 Å². The highest BCUT2D eigenvalue weighted by molar-refractivity contribution is 7.89. The van der Waals surface area contributed by atoms with Crippen molar-refractivity contribution in [3.63, 3.8) is 0 Å². The first-order chi connectivity index (χ1) is 20.9. The second-order valence-corrected chi connectivity index (χ2v) is 15.2. The van der Waals surface area contributed by atoms with Crippen LogP contribution in [0.4, 0.5) is 0 Å². The summed E-state index contributed by atoms with van der Waals surface area (Å²) in [4.78, 5) is 36.0. The number of fused-ring (bicyclic) bond motifs is 1. The number of pyridine rings is 1. The molecular formula is C33H37N5O4S2. The number of carbonyl (C=O) groups excluding carboxylic acids is 2. The number of hydrogen-bond donors (Lipinski definition) is 3. The minimum Gasteiger partial charge on any atom is -0.307 e. The molecule has 3 N–H and O–H groups in total. The third-order valence-corrected chi connectivity index (χ3v) is 11.7. The molecule has 0 spiro atoms. The van der Waals surface area contributed by atoms with Gasteiger partial charge in [0.05, 0.1) is 33.4 Å². The van der Waals surface area contributed by atoms with E-state index in [1.165, 1.54) is 31.2 Å². The molecule has 1 aromatic carbocycles. The van der Waals surface area contributed by atoms with E-state index in [-0.39, 0.29) is 34.1 Å². The van der Waals surface area contributed by atoms with Crippen molar-refractivity contribution in [3.8, 4) is 10.4 Å². The fraction of sp³-hybridized carbons (Fsp3) is 0.424. The zero-order valence-electron chi connectivity index (χ0n) is 25.4. The molecule has 1 unspecified atom stereocenters. The molecular weight excluding hydrogens is 595 g/mol. The number of nitrogens with one attached hydrogen (secondary N) is 3. The molecule has 2 aromatic heterocycles. The van der Waals surface area contributed by atoms with Crippen LogP contribution in [0, 0.1) is 30.1 Å². The quantitative estimate of drug-likeness (QED) is 0.224. The average molecular weight is 632 g/mol. The summed E-state index contributed by atoms with van der Waals surface area (Å²) in [5.41, 5.74) is 4.28. The molecule has 1 saturated heterocycles. The molecule has 230 valence electrons. The Balaban J connectivity index is 1.32. The van der Waals surface area contributed by atoms with Crippen LogP contribution in [0.3, 0.4) is 0 Å². The summed E-state index contributed by atoms with van der Waals surface area (Å²) in [5.74, 6) is 0.845. The van der Waals surface area contributed by atoms with Crippen molar-refractivity contribution in [2.45, 2.75) is 63.8 Å². The molecule has 6 rings (SSSR count). The number of aromatic nitrogens is 2. The zero-order chi connectivity index (χ0) is 31.3. The Labute approximate surface area is 262 Å². The fourth-order valence-corrected chi connectivity index (χ4v) is 8.41. The Hall–Kier alpha value is -3.38. The van der Waals surface area contributed by atoms with E-state index in [4.69, 9.17) is 5.41 Å². The van der Waals surface area contributed by atoms with Gasteiger partial charge in [-0.15, -0.1) is 11.3 Å². The molecule has 0 amide bonds. The molecule has 0 bridgehead atoms. The summed E-state index contributed by atoms with van der Waals surface area (Å²) in [7, 11) is -2.55. The molecule has 3 atom stereocenters. The molecule has 3 aliphatic rings. The Morgan fingerprint density at radius 3 is 2.70 bits per heavy atom. The number of ketones is 2. The van der Waals surface area contributed by atoms with Gasteiger partial charge < -0.3 is 5.32 Å². The number of thiazole rings is 1. The van der Waals surface area contributed by atoms with Crippen LogP contribution < -0.4 is 10.0 Å². The van der Waals surface area contributed by atoms with Gasteiger partial charge in [0, 0.05) is 23.1 Å². The number of sulfonamides is 1. The third-order valence-electron chi connectivity index (χ3n) is 9.03. The van der Waals surface area contributed by atoms with E-state index in [0.29, 0.717) is 70.0 Å². The van der Waals surface area contributed by atoms with Crippen LogP contribution in [-0.4, -0.2) is 55.3 Å². The molecule has 3 heterocycles. The van der Waals surface area contributed by atoms with Crippen molar-refractivity contribution >= 4 is 44.7 Å². The second-order valence-electron chi connectivity index (χ2n) is 12.4. The van der Waals surface area contributed by atoms with Gasteiger partial charge in [0.1, 0.15) is 10.7 Å². The maximum absolute atomic E-state index is 13.5. The highest BCUT2D eigenvalue weighted by Crippen LogP contribution is 2.44. The predicted molar refractivity (Wildman–Crippen MR) is 172 cm³/mol. The van der Waals surface area contributed by atoms with Gasteiger partial charge in [0.25, 0.3) is 0 Å². The Kier molecular flexibility index (Phi) is 8.25. The van der Waals surface area contributed by atoms with Crippen molar-refractivity contribution in [1.29, 1.82) is 5.41 Å². The summed E-state index contributed by atoms with van der Waals surface area (Å²) < 4.78 is 28.8. The lowest BCUT2D eigenvalue weighted by Crippen LogP contribution is -2.38. The van der Waals surface area contributed by atoms with Gasteiger partial charge in [0.2, 0.25) is 10.0 Å². The molecule has 11 heteroatoms. The lowest BCUT2D eigenvalue weighted by molar-refractivity contribution is -0.115. The topological polar surface area (TPSA) is 142 Å². The predicted octanol–water partition coefficient (Wildman–Crippen LogP) is 4.96. The SMILES string of the molecule is CNS(=O)(=O)c1cc(-c2sc(C(=N)c3cccc(/C=C4\C[C@H](C)NCC4=O)n3)nc2C)cc2c1C(=O)C(C[C@@H](C)C1CC1)C2. The molecule has 2 fully saturated rings. The maximum Gasteiger partial charge on any atom is 0.241 e. The van der Waals surface area contributed by atoms with Gasteiger partial charge in [-0.2, -0.15) is 0 Å². The monoisotopic (exact) mass is 631 g/mol. The number of nitrogens with zero attached hydrogens (tertiary/aromatic N) is 2. The summed E-state index contributed by atoms with van der Waals surface area (Å²) in [6, 6.07) is 9.08. The molecule has 9 nitrogen and oxygen atoms in total. The molecule has 44 heavy (non-hydrogen) atoms. The van der Waals surface area contributed by atoms with Crippen LogP contribution in [0.25, 0.3) is 16.5 Å². The van der Waals surface area contributed by atoms with Gasteiger partial charge in [-0.3, -0.25) is 15.0 Å². The lowest BCUT2D eigenvalue weighted by atomic mass is 9.90. The van der Waals surface area contributed by atoms with E-state index in [0.717, 1.165) is 16.9 Å². The zero-order valence-corrected chi connectivity index (χ0v) is 27.0. The van der Waals surface area contributed by atoms with Crippen LogP contribution in [0.15, 0.2) is 40.8 Å². The van der Waals surface area contributed by atoms with E-state index in [1.807, 2.05) is 32.0 Å². The van der Waals surface area contributed by atoms with Gasteiger partial charge in [0.15, 0.2) is 11.6 Å². The van der Waals surface area contributed by atoms with Crippen LogP contribution >= 0.6 is 11.3 Å². The number of carbonyl (C=O) groups is 2. The number of Topliss-reactive ketones (excluding diaryl/α,β-unsaturated/α-hetero) is 2. The van der Waals surface area contributed by atoms with Gasteiger partial charge >= 0.3 is 0 Å². The fourth-order valence-electron chi connectivity index (χ4n) is 6.39. The lowest BCUT2D eigenvalue weighted by Gasteiger charge is -2.21. The number of hydrogen-bond acceptors (Lipinski definition) is 9. The Bertz CT molecular complexity index is 1820. The average Bonchev–Trinajstić information content (AvgIpc) is 3.72. The normalized spacial score (nSPS) is 22.0. The molecule has 1 saturated carbocycles. The standard InChI is InChI=1S/C33H37N5O4S2/c1-17(20-8-9-20)10-23-12-22-13-24(15-28(29(22)31(23)40)44(41,42)35-4)32-19(3)37-33(43-32)30(34)26-7-5-6-25(38-26)14-21-11-18(2)36-16-27(21)39/h5-7,13-15,17-18,20,23,34-36H,8-12,16H2,1-4H3/b21-14+,34-30?/t17-,18+,23?/m1/s1. The number of piperidine rings is 1. The van der Waals surface area contributed by atoms with E-state index in [1.54, 1.807) is 18.2 Å². The first-order valence-electron chi connectivity index (χ1n) is 15.1. The van der Waals surface area contributed by atoms with Crippen molar-refractivity contribution in [2.24, 2.45) is 17.8 Å². The molecule has 3 aromatic rings. The highest BCUT2D eigenvalue weighted by Gasteiger charge is 2.39. The molecule has 2 aliphatic carbocycles. The Morgan fingerprint density at radius 1 is 1.20 bits per heavy atom. The molecule has 1 aliphatic heterocycles. The van der Waals surface area contributed by atoms with Crippen LogP contribution in [-0.2, 0) is 21.2 Å². The Morgan fingerprint density at radius 2 is 1.98 bits per heavy atom. The first kappa shape index (κ1) is 30.6. The van der Waals surface area contributed by atoms with Crippen LogP contribution in [0.5, 0.6) is 0 Å². The van der Waals surface area contributed by atoms with Crippen molar-refractivity contribution in [1.82, 2.24) is 20.0 Å². The van der Waals surface area contributed by atoms with Crippen molar-refractivity contribution in [2.75, 3.05) is 13.6 Å². The number of rotatable bonds is 9. The van der Waals surface area contributed by atoms with Gasteiger partial charge in [-0.05, 0) is 106 Å². The van der Waals surface area contributed by atoms with E-state index in [9.17, 15) is 18.0 Å². The molecule has 0 radical (unpaired) electrons. The van der Waals surface area contributed by atoms with E-state index >= 15 is 0 Å². The van der Waals surface area contributed by atoms with Crippen molar-refractivity contribution in [3.05, 3.63) is 69.1 Å². The summed E-state index contributed by atoms with van der Waals surface area (Å²) in [6.07, 6.45) is 6.11. The minimum absolute atomic E-state index is 0.00712. The van der Waals surface area contributed by atoms with Crippen LogP contribution in [0.2, 0.25) is 0 Å². The number of aryl methyl sites for hydroxylation is 1. The first-order valence-corrected chi connectivity index (χ1v) is 17.4. The van der Waals surface area contributed by atoms with E-state index in [2.05, 4.69) is 26.9 Å². The van der Waals surface area contributed by atoms with Crippen LogP contribution in [0.1, 0.15) is 77.5 Å². The maximum atomic E-state index is 13.5. The summed E-state index contributed by atoms with van der Waals surface area (Å²) in [6.45, 7) is 6.37. The minimum atomic E-state index is -3.90. The van der Waals surface area contributed by atoms with E-state index < -0.39 is 10.0 Å².